The fraction of sp³-hybridized carbons (Fsp3) is 0.0909. The highest BCUT2D eigenvalue weighted by Crippen LogP contribution is 2.28. The lowest BCUT2D eigenvalue weighted by atomic mass is 10.2. The van der Waals surface area contributed by atoms with Crippen molar-refractivity contribution in [3.8, 4) is 5.75 Å². The van der Waals surface area contributed by atoms with Gasteiger partial charge in [0.2, 0.25) is 0 Å². The molecular formula is C22H15Cl3FN3O3. The summed E-state index contributed by atoms with van der Waals surface area (Å²) >= 11 is 18.0. The molecular weight excluding hydrogens is 480 g/mol. The summed E-state index contributed by atoms with van der Waals surface area (Å²) in [7, 11) is 0. The Labute approximate surface area is 197 Å². The molecule has 4 rings (SSSR count). The van der Waals surface area contributed by atoms with Crippen LogP contribution >= 0.6 is 34.8 Å². The van der Waals surface area contributed by atoms with Crippen LogP contribution in [0.1, 0.15) is 21.9 Å². The van der Waals surface area contributed by atoms with E-state index in [-0.39, 0.29) is 24.7 Å². The number of furan rings is 1. The van der Waals surface area contributed by atoms with E-state index < -0.39 is 11.7 Å². The third-order valence-electron chi connectivity index (χ3n) is 4.41. The smallest absolute Gasteiger partial charge is 0.292 e. The molecule has 0 atom stereocenters. The van der Waals surface area contributed by atoms with E-state index in [1.54, 1.807) is 42.6 Å². The first kappa shape index (κ1) is 22.2. The molecule has 0 unspecified atom stereocenters. The quantitative estimate of drug-likeness (QED) is 0.320. The van der Waals surface area contributed by atoms with Crippen molar-refractivity contribution < 1.29 is 18.3 Å². The number of amides is 1. The maximum atomic E-state index is 14.0. The Morgan fingerprint density at radius 1 is 1.09 bits per heavy atom. The molecule has 2 heterocycles. The van der Waals surface area contributed by atoms with Crippen LogP contribution in [0, 0.1) is 5.82 Å². The summed E-state index contributed by atoms with van der Waals surface area (Å²) in [5.41, 5.74) is 0.312. The molecule has 2 aromatic carbocycles. The number of aromatic nitrogens is 2. The summed E-state index contributed by atoms with van der Waals surface area (Å²) < 4.78 is 26.6. The first-order chi connectivity index (χ1) is 15.4. The average molecular weight is 495 g/mol. The molecule has 4 aromatic rings. The van der Waals surface area contributed by atoms with Crippen LogP contribution in [0.5, 0.6) is 5.75 Å². The molecule has 0 saturated carbocycles. The number of nitrogens with zero attached hydrogens (tertiary/aromatic N) is 2. The second kappa shape index (κ2) is 9.65. The van der Waals surface area contributed by atoms with Crippen molar-refractivity contribution in [3.63, 3.8) is 0 Å². The van der Waals surface area contributed by atoms with Crippen molar-refractivity contribution in [1.29, 1.82) is 0 Å². The van der Waals surface area contributed by atoms with Gasteiger partial charge in [-0.1, -0.05) is 40.9 Å². The summed E-state index contributed by atoms with van der Waals surface area (Å²) in [6, 6.07) is 14.1. The zero-order valence-electron chi connectivity index (χ0n) is 16.3. The minimum atomic E-state index is -0.491. The van der Waals surface area contributed by atoms with Gasteiger partial charge in [-0.3, -0.25) is 9.48 Å². The molecule has 0 aliphatic rings. The molecule has 1 N–H and O–H groups in total. The highest BCUT2D eigenvalue weighted by Gasteiger charge is 2.15. The van der Waals surface area contributed by atoms with E-state index in [4.69, 9.17) is 44.0 Å². The van der Waals surface area contributed by atoms with Gasteiger partial charge >= 0.3 is 0 Å². The Balaban J connectivity index is 1.36. The fourth-order valence-corrected chi connectivity index (χ4v) is 3.54. The van der Waals surface area contributed by atoms with Crippen molar-refractivity contribution >= 4 is 46.5 Å². The van der Waals surface area contributed by atoms with Gasteiger partial charge in [-0.2, -0.15) is 5.10 Å². The first-order valence-electron chi connectivity index (χ1n) is 9.33. The third-order valence-corrected chi connectivity index (χ3v) is 5.30. The standard InChI is InChI=1S/C22H15Cl3FN3O3/c23-13-4-6-19(17(25)10-13)31-12-14-5-7-20(32-14)22(30)27-21-8-9-29(28-21)11-15-16(24)2-1-3-18(15)26/h1-10H,11-12H2,(H,27,28,30). The number of anilines is 1. The minimum absolute atomic E-state index is 0.0761. The van der Waals surface area contributed by atoms with Crippen LogP contribution in [0.15, 0.2) is 65.2 Å². The van der Waals surface area contributed by atoms with Crippen molar-refractivity contribution in [2.24, 2.45) is 0 Å². The molecule has 0 spiro atoms. The number of benzene rings is 2. The van der Waals surface area contributed by atoms with Crippen molar-refractivity contribution in [2.75, 3.05) is 5.32 Å². The van der Waals surface area contributed by atoms with Crippen molar-refractivity contribution in [2.45, 2.75) is 13.2 Å². The van der Waals surface area contributed by atoms with Crippen LogP contribution in [0.25, 0.3) is 0 Å². The highest BCUT2D eigenvalue weighted by atomic mass is 35.5. The van der Waals surface area contributed by atoms with E-state index in [2.05, 4.69) is 10.4 Å². The number of carbonyl (C=O) groups is 1. The molecule has 10 heteroatoms. The molecule has 0 aliphatic heterocycles. The van der Waals surface area contributed by atoms with E-state index in [9.17, 15) is 9.18 Å². The van der Waals surface area contributed by atoms with Gasteiger partial charge in [0.15, 0.2) is 11.6 Å². The van der Waals surface area contributed by atoms with Gasteiger partial charge in [0.05, 0.1) is 11.6 Å². The number of ether oxygens (including phenoxy) is 1. The Kier molecular flexibility index (Phi) is 6.69. The highest BCUT2D eigenvalue weighted by molar-refractivity contribution is 6.35. The largest absolute Gasteiger partial charge is 0.484 e. The zero-order valence-corrected chi connectivity index (χ0v) is 18.6. The zero-order chi connectivity index (χ0) is 22.7. The SMILES string of the molecule is O=C(Nc1ccn(Cc2c(F)cccc2Cl)n1)c1ccc(COc2ccc(Cl)cc2Cl)o1. The van der Waals surface area contributed by atoms with E-state index in [1.807, 2.05) is 0 Å². The Morgan fingerprint density at radius 2 is 1.94 bits per heavy atom. The lowest BCUT2D eigenvalue weighted by Gasteiger charge is -2.06. The van der Waals surface area contributed by atoms with E-state index in [0.717, 1.165) is 0 Å². The summed E-state index contributed by atoms with van der Waals surface area (Å²) in [5.74, 6) is 0.320. The van der Waals surface area contributed by atoms with Gasteiger partial charge in [-0.25, -0.2) is 4.39 Å². The molecule has 0 aliphatic carbocycles. The van der Waals surface area contributed by atoms with E-state index >= 15 is 0 Å². The number of hydrogen-bond donors (Lipinski definition) is 1. The summed E-state index contributed by atoms with van der Waals surface area (Å²) in [6.07, 6.45) is 1.61. The first-order valence-corrected chi connectivity index (χ1v) is 10.5. The van der Waals surface area contributed by atoms with E-state index in [1.165, 1.54) is 22.9 Å². The lowest BCUT2D eigenvalue weighted by molar-refractivity contribution is 0.0992. The Morgan fingerprint density at radius 3 is 2.72 bits per heavy atom. The maximum Gasteiger partial charge on any atom is 0.292 e. The summed E-state index contributed by atoms with van der Waals surface area (Å²) in [4.78, 5) is 12.5. The Hall–Kier alpha value is -3.00. The molecule has 6 nitrogen and oxygen atoms in total. The normalized spacial score (nSPS) is 10.9. The van der Waals surface area contributed by atoms with Gasteiger partial charge in [-0.05, 0) is 42.5 Å². The predicted molar refractivity (Wildman–Crippen MR) is 120 cm³/mol. The lowest BCUT2D eigenvalue weighted by Crippen LogP contribution is -2.12. The average Bonchev–Trinajstić information content (AvgIpc) is 3.40. The van der Waals surface area contributed by atoms with Gasteiger partial charge < -0.3 is 14.5 Å². The summed E-state index contributed by atoms with van der Waals surface area (Å²) in [6.45, 7) is 0.198. The summed E-state index contributed by atoms with van der Waals surface area (Å²) in [5, 5.41) is 8.02. The van der Waals surface area contributed by atoms with Crippen LogP contribution in [-0.4, -0.2) is 15.7 Å². The van der Waals surface area contributed by atoms with Gasteiger partial charge in [0, 0.05) is 27.9 Å². The van der Waals surface area contributed by atoms with Crippen molar-refractivity contribution in [3.05, 3.63) is 98.8 Å². The van der Waals surface area contributed by atoms with Crippen LogP contribution < -0.4 is 10.1 Å². The van der Waals surface area contributed by atoms with Crippen molar-refractivity contribution in [1.82, 2.24) is 9.78 Å². The molecule has 1 amide bonds. The maximum absolute atomic E-state index is 14.0. The molecule has 0 fully saturated rings. The van der Waals surface area contributed by atoms with Gasteiger partial charge in [0.25, 0.3) is 5.91 Å². The second-order valence-electron chi connectivity index (χ2n) is 6.68. The number of halogens is 4. The molecule has 0 radical (unpaired) electrons. The minimum Gasteiger partial charge on any atom is -0.484 e. The number of rotatable bonds is 7. The van der Waals surface area contributed by atoms with Crippen LogP contribution in [0.4, 0.5) is 10.2 Å². The van der Waals surface area contributed by atoms with E-state index in [0.29, 0.717) is 32.1 Å². The molecule has 164 valence electrons. The Bertz CT molecular complexity index is 1250. The number of carbonyl (C=O) groups excluding carboxylic acids is 1. The molecule has 32 heavy (non-hydrogen) atoms. The number of nitrogens with one attached hydrogen (secondary N) is 1. The molecule has 2 aromatic heterocycles. The fourth-order valence-electron chi connectivity index (χ4n) is 2.86. The monoisotopic (exact) mass is 493 g/mol. The predicted octanol–water partition coefficient (Wildman–Crippen LogP) is 6.46. The van der Waals surface area contributed by atoms with Gasteiger partial charge in [0.1, 0.15) is 23.9 Å². The van der Waals surface area contributed by atoms with Crippen LogP contribution in [-0.2, 0) is 13.2 Å². The molecule has 0 bridgehead atoms. The second-order valence-corrected chi connectivity index (χ2v) is 7.93. The van der Waals surface area contributed by atoms with Crippen LogP contribution in [0.3, 0.4) is 0 Å². The van der Waals surface area contributed by atoms with Gasteiger partial charge in [-0.15, -0.1) is 0 Å². The number of hydrogen-bond acceptors (Lipinski definition) is 4. The third kappa shape index (κ3) is 5.24. The molecule has 0 saturated heterocycles. The van der Waals surface area contributed by atoms with Crippen LogP contribution in [0.2, 0.25) is 15.1 Å². The topological polar surface area (TPSA) is 69.3 Å².